The van der Waals surface area contributed by atoms with Crippen LogP contribution in [0.5, 0.6) is 5.75 Å². The SMILES string of the molecule is COc1ccc(-c2cc(C(=O)NCCCN3CCCCC3C)c3ccccc3n2)cc1. The van der Waals surface area contributed by atoms with Crippen molar-refractivity contribution >= 4 is 16.8 Å². The number of para-hydroxylation sites is 1. The molecule has 5 nitrogen and oxygen atoms in total. The first-order chi connectivity index (χ1) is 15.2. The van der Waals surface area contributed by atoms with E-state index in [1.165, 1.54) is 25.8 Å². The van der Waals surface area contributed by atoms with Crippen LogP contribution >= 0.6 is 0 Å². The lowest BCUT2D eigenvalue weighted by atomic mass is 10.0. The van der Waals surface area contributed by atoms with E-state index < -0.39 is 0 Å². The van der Waals surface area contributed by atoms with E-state index in [0.717, 1.165) is 40.9 Å². The topological polar surface area (TPSA) is 54.5 Å². The molecule has 1 saturated heterocycles. The minimum Gasteiger partial charge on any atom is -0.497 e. The summed E-state index contributed by atoms with van der Waals surface area (Å²) in [6.07, 6.45) is 4.86. The molecule has 1 aliphatic heterocycles. The maximum atomic E-state index is 13.1. The number of piperidine rings is 1. The summed E-state index contributed by atoms with van der Waals surface area (Å²) in [6, 6.07) is 18.1. The third kappa shape index (κ3) is 5.05. The van der Waals surface area contributed by atoms with Gasteiger partial charge < -0.3 is 15.0 Å². The number of likely N-dealkylation sites (tertiary alicyclic amines) is 1. The third-order valence-corrected chi connectivity index (χ3v) is 6.19. The second-order valence-electron chi connectivity index (χ2n) is 8.29. The molecule has 0 saturated carbocycles. The van der Waals surface area contributed by atoms with Gasteiger partial charge in [-0.25, -0.2) is 4.98 Å². The lowest BCUT2D eigenvalue weighted by molar-refractivity contribution is 0.0950. The summed E-state index contributed by atoms with van der Waals surface area (Å²) in [5.41, 5.74) is 3.24. The maximum absolute atomic E-state index is 13.1. The van der Waals surface area contributed by atoms with E-state index in [-0.39, 0.29) is 5.91 Å². The lowest BCUT2D eigenvalue weighted by Crippen LogP contribution is -2.39. The number of nitrogens with one attached hydrogen (secondary N) is 1. The molecule has 1 atom stereocenters. The molecule has 31 heavy (non-hydrogen) atoms. The van der Waals surface area contributed by atoms with Gasteiger partial charge in [-0.2, -0.15) is 0 Å². The number of benzene rings is 2. The molecule has 1 N–H and O–H groups in total. The van der Waals surface area contributed by atoms with E-state index in [1.807, 2.05) is 54.6 Å². The van der Waals surface area contributed by atoms with Crippen molar-refractivity contribution in [3.8, 4) is 17.0 Å². The van der Waals surface area contributed by atoms with E-state index in [2.05, 4.69) is 17.1 Å². The van der Waals surface area contributed by atoms with Gasteiger partial charge in [0.05, 0.1) is 23.9 Å². The van der Waals surface area contributed by atoms with Crippen LogP contribution in [0.2, 0.25) is 0 Å². The fraction of sp³-hybridized carbons (Fsp3) is 0.385. The Morgan fingerprint density at radius 1 is 1.16 bits per heavy atom. The predicted octanol–water partition coefficient (Wildman–Crippen LogP) is 4.90. The Kier molecular flexibility index (Phi) is 6.82. The molecule has 1 aliphatic rings. The number of amides is 1. The Hall–Kier alpha value is -2.92. The van der Waals surface area contributed by atoms with E-state index in [9.17, 15) is 4.79 Å². The van der Waals surface area contributed by atoms with Gasteiger partial charge >= 0.3 is 0 Å². The third-order valence-electron chi connectivity index (χ3n) is 6.19. The van der Waals surface area contributed by atoms with Crippen LogP contribution in [0, 0.1) is 0 Å². The van der Waals surface area contributed by atoms with Crippen molar-refractivity contribution in [1.29, 1.82) is 0 Å². The fourth-order valence-corrected chi connectivity index (χ4v) is 4.34. The Morgan fingerprint density at radius 2 is 1.97 bits per heavy atom. The van der Waals surface area contributed by atoms with Gasteiger partial charge in [-0.3, -0.25) is 4.79 Å². The molecule has 0 aliphatic carbocycles. The molecule has 1 fully saturated rings. The van der Waals surface area contributed by atoms with Crippen LogP contribution < -0.4 is 10.1 Å². The van der Waals surface area contributed by atoms with E-state index in [1.54, 1.807) is 7.11 Å². The highest BCUT2D eigenvalue weighted by molar-refractivity contribution is 6.07. The van der Waals surface area contributed by atoms with Crippen molar-refractivity contribution in [2.45, 2.75) is 38.6 Å². The smallest absolute Gasteiger partial charge is 0.252 e. The monoisotopic (exact) mass is 417 g/mol. The fourth-order valence-electron chi connectivity index (χ4n) is 4.34. The summed E-state index contributed by atoms with van der Waals surface area (Å²) in [7, 11) is 1.65. The first kappa shape index (κ1) is 21.3. The summed E-state index contributed by atoms with van der Waals surface area (Å²) >= 11 is 0. The predicted molar refractivity (Wildman–Crippen MR) is 126 cm³/mol. The van der Waals surface area contributed by atoms with Crippen molar-refractivity contribution < 1.29 is 9.53 Å². The minimum absolute atomic E-state index is 0.0416. The molecule has 0 spiro atoms. The van der Waals surface area contributed by atoms with Crippen LogP contribution in [-0.2, 0) is 0 Å². The number of ether oxygens (including phenoxy) is 1. The molecule has 1 aromatic heterocycles. The summed E-state index contributed by atoms with van der Waals surface area (Å²) in [5.74, 6) is 0.755. The zero-order valence-corrected chi connectivity index (χ0v) is 18.4. The number of pyridine rings is 1. The Balaban J connectivity index is 1.49. The standard InChI is InChI=1S/C26H31N3O2/c1-19-8-5-6-16-29(19)17-7-15-27-26(30)23-18-25(20-11-13-21(31-2)14-12-20)28-24-10-4-3-9-22(23)24/h3-4,9-14,18-19H,5-8,15-17H2,1-2H3,(H,27,30). The first-order valence-electron chi connectivity index (χ1n) is 11.2. The number of methoxy groups -OCH3 is 1. The first-order valence-corrected chi connectivity index (χ1v) is 11.2. The summed E-state index contributed by atoms with van der Waals surface area (Å²) < 4.78 is 5.25. The van der Waals surface area contributed by atoms with Gasteiger partial charge in [-0.15, -0.1) is 0 Å². The maximum Gasteiger partial charge on any atom is 0.252 e. The molecule has 5 heteroatoms. The number of fused-ring (bicyclic) bond motifs is 1. The van der Waals surface area contributed by atoms with Gasteiger partial charge in [-0.05, 0) is 69.1 Å². The van der Waals surface area contributed by atoms with Crippen molar-refractivity contribution in [3.63, 3.8) is 0 Å². The molecule has 0 bridgehead atoms. The average molecular weight is 418 g/mol. The number of carbonyl (C=O) groups excluding carboxylic acids is 1. The van der Waals surface area contributed by atoms with E-state index >= 15 is 0 Å². The Labute approximate surface area is 184 Å². The molecule has 0 radical (unpaired) electrons. The van der Waals surface area contributed by atoms with Gasteiger partial charge in [0.1, 0.15) is 5.75 Å². The number of hydrogen-bond acceptors (Lipinski definition) is 4. The molecular formula is C26H31N3O2. The quantitative estimate of drug-likeness (QED) is 0.555. The molecule has 3 aromatic rings. The van der Waals surface area contributed by atoms with Crippen molar-refractivity contribution in [2.24, 2.45) is 0 Å². The summed E-state index contributed by atoms with van der Waals surface area (Å²) in [4.78, 5) is 20.4. The Morgan fingerprint density at radius 3 is 2.74 bits per heavy atom. The molecule has 1 amide bonds. The molecule has 4 rings (SSSR count). The van der Waals surface area contributed by atoms with Gasteiger partial charge in [0, 0.05) is 30.1 Å². The Bertz CT molecular complexity index is 1030. The number of rotatable bonds is 7. The number of nitrogens with zero attached hydrogens (tertiary/aromatic N) is 2. The van der Waals surface area contributed by atoms with Crippen LogP contribution in [0.1, 0.15) is 43.0 Å². The van der Waals surface area contributed by atoms with Gasteiger partial charge in [0.15, 0.2) is 0 Å². The molecule has 2 aromatic carbocycles. The van der Waals surface area contributed by atoms with Crippen LogP contribution in [0.4, 0.5) is 0 Å². The van der Waals surface area contributed by atoms with Crippen molar-refractivity contribution in [2.75, 3.05) is 26.7 Å². The normalized spacial score (nSPS) is 16.9. The largest absolute Gasteiger partial charge is 0.497 e. The van der Waals surface area contributed by atoms with E-state index in [4.69, 9.17) is 9.72 Å². The zero-order chi connectivity index (χ0) is 21.6. The average Bonchev–Trinajstić information content (AvgIpc) is 2.82. The van der Waals surface area contributed by atoms with Gasteiger partial charge in [0.25, 0.3) is 5.91 Å². The van der Waals surface area contributed by atoms with E-state index in [0.29, 0.717) is 18.2 Å². The highest BCUT2D eigenvalue weighted by Gasteiger charge is 2.18. The number of carbonyl (C=O) groups is 1. The van der Waals surface area contributed by atoms with Crippen LogP contribution in [0.15, 0.2) is 54.6 Å². The van der Waals surface area contributed by atoms with Gasteiger partial charge in [-0.1, -0.05) is 24.6 Å². The summed E-state index contributed by atoms with van der Waals surface area (Å²) in [6.45, 7) is 5.20. The van der Waals surface area contributed by atoms with Crippen LogP contribution in [0.3, 0.4) is 0 Å². The minimum atomic E-state index is -0.0416. The number of hydrogen-bond donors (Lipinski definition) is 1. The second kappa shape index (κ2) is 9.92. The zero-order valence-electron chi connectivity index (χ0n) is 18.4. The highest BCUT2D eigenvalue weighted by atomic mass is 16.5. The van der Waals surface area contributed by atoms with Crippen LogP contribution in [-0.4, -0.2) is 48.6 Å². The van der Waals surface area contributed by atoms with Crippen LogP contribution in [0.25, 0.3) is 22.2 Å². The lowest BCUT2D eigenvalue weighted by Gasteiger charge is -2.33. The van der Waals surface area contributed by atoms with Crippen molar-refractivity contribution in [1.82, 2.24) is 15.2 Å². The molecule has 162 valence electrons. The molecule has 2 heterocycles. The molecule has 1 unspecified atom stereocenters. The summed E-state index contributed by atoms with van der Waals surface area (Å²) in [5, 5.41) is 4.01. The molecular weight excluding hydrogens is 386 g/mol. The van der Waals surface area contributed by atoms with Gasteiger partial charge in [0.2, 0.25) is 0 Å². The second-order valence-corrected chi connectivity index (χ2v) is 8.29. The number of aromatic nitrogens is 1. The highest BCUT2D eigenvalue weighted by Crippen LogP contribution is 2.26. The van der Waals surface area contributed by atoms with Crippen molar-refractivity contribution in [3.05, 3.63) is 60.2 Å².